The summed E-state index contributed by atoms with van der Waals surface area (Å²) in [6.45, 7) is 0.398. The predicted octanol–water partition coefficient (Wildman–Crippen LogP) is 2.73. The normalized spacial score (nSPS) is 10.7. The minimum atomic E-state index is -0.0133. The maximum absolute atomic E-state index is 12.7. The molecule has 0 aliphatic heterocycles. The molecule has 7 heteroatoms. The van der Waals surface area contributed by atoms with E-state index in [1.54, 1.807) is 22.1 Å². The van der Waals surface area contributed by atoms with E-state index in [1.807, 2.05) is 49.5 Å². The Hall–Kier alpha value is -2.54. The summed E-state index contributed by atoms with van der Waals surface area (Å²) < 4.78 is 7.17. The zero-order valence-electron chi connectivity index (χ0n) is 12.6. The van der Waals surface area contributed by atoms with Gasteiger partial charge in [-0.2, -0.15) is 0 Å². The molecule has 0 bridgehead atoms. The smallest absolute Gasteiger partial charge is 0.237 e. The molecule has 118 valence electrons. The van der Waals surface area contributed by atoms with Crippen LogP contribution in [0.2, 0.25) is 0 Å². The Morgan fingerprint density at radius 3 is 2.74 bits per heavy atom. The lowest BCUT2D eigenvalue weighted by Crippen LogP contribution is -2.31. The summed E-state index contributed by atoms with van der Waals surface area (Å²) in [5, 5.41) is 8.51. The number of carbonyl (C=O) groups is 1. The highest BCUT2D eigenvalue weighted by molar-refractivity contribution is 7.99. The Morgan fingerprint density at radius 2 is 2.09 bits per heavy atom. The van der Waals surface area contributed by atoms with Gasteiger partial charge in [-0.25, -0.2) is 0 Å². The van der Waals surface area contributed by atoms with Crippen LogP contribution < -0.4 is 4.90 Å². The van der Waals surface area contributed by atoms with Crippen LogP contribution in [0, 0.1) is 0 Å². The lowest BCUT2D eigenvalue weighted by atomic mass is 10.2. The van der Waals surface area contributed by atoms with Gasteiger partial charge < -0.3 is 13.9 Å². The number of anilines is 1. The molecule has 0 fully saturated rings. The molecule has 0 spiro atoms. The van der Waals surface area contributed by atoms with Gasteiger partial charge in [0.15, 0.2) is 5.16 Å². The number of carbonyl (C=O) groups excluding carboxylic acids is 1. The van der Waals surface area contributed by atoms with Crippen molar-refractivity contribution in [2.75, 3.05) is 10.7 Å². The molecule has 23 heavy (non-hydrogen) atoms. The van der Waals surface area contributed by atoms with Gasteiger partial charge in [0, 0.05) is 12.7 Å². The van der Waals surface area contributed by atoms with Crippen LogP contribution in [0.3, 0.4) is 0 Å². The number of nitrogens with zero attached hydrogens (tertiary/aromatic N) is 4. The van der Waals surface area contributed by atoms with Gasteiger partial charge in [-0.1, -0.05) is 30.0 Å². The van der Waals surface area contributed by atoms with Gasteiger partial charge in [-0.15, -0.1) is 10.2 Å². The molecule has 2 aromatic heterocycles. The zero-order valence-corrected chi connectivity index (χ0v) is 13.4. The average molecular weight is 328 g/mol. The molecule has 3 rings (SSSR count). The van der Waals surface area contributed by atoms with Crippen LogP contribution >= 0.6 is 11.8 Å². The summed E-state index contributed by atoms with van der Waals surface area (Å²) in [5.41, 5.74) is 0.840. The van der Waals surface area contributed by atoms with Crippen LogP contribution in [0.1, 0.15) is 5.76 Å². The van der Waals surface area contributed by atoms with Gasteiger partial charge in [0.05, 0.1) is 18.6 Å². The SMILES string of the molecule is Cn1cnnc1SCC(=O)N(Cc1ccco1)c1ccccc1. The number of aryl methyl sites for hydroxylation is 1. The van der Waals surface area contributed by atoms with Gasteiger partial charge in [-0.05, 0) is 24.3 Å². The Labute approximate surface area is 138 Å². The molecule has 1 amide bonds. The average Bonchev–Trinajstić information content (AvgIpc) is 3.23. The first-order valence-electron chi connectivity index (χ1n) is 7.08. The van der Waals surface area contributed by atoms with Crippen molar-refractivity contribution in [1.82, 2.24) is 14.8 Å². The minimum Gasteiger partial charge on any atom is -0.467 e. The fourth-order valence-electron chi connectivity index (χ4n) is 2.10. The van der Waals surface area contributed by atoms with Gasteiger partial charge in [0.25, 0.3) is 0 Å². The van der Waals surface area contributed by atoms with Crippen molar-refractivity contribution < 1.29 is 9.21 Å². The molecule has 0 aliphatic carbocycles. The summed E-state index contributed by atoms with van der Waals surface area (Å²) in [6.07, 6.45) is 3.22. The molecule has 3 aromatic rings. The standard InChI is InChI=1S/C16H16N4O2S/c1-19-12-17-18-16(19)23-11-15(21)20(10-14-8-5-9-22-14)13-6-3-2-4-7-13/h2-9,12H,10-11H2,1H3. The van der Waals surface area contributed by atoms with Crippen molar-refractivity contribution in [3.05, 3.63) is 60.8 Å². The van der Waals surface area contributed by atoms with Crippen LogP contribution in [-0.2, 0) is 18.4 Å². The molecule has 0 aliphatic rings. The first-order chi connectivity index (χ1) is 11.2. The summed E-state index contributed by atoms with van der Waals surface area (Å²) in [5.74, 6) is 1.01. The third-order valence-corrected chi connectivity index (χ3v) is 4.28. The first kappa shape index (κ1) is 15.4. The second kappa shape index (κ2) is 7.15. The molecule has 0 unspecified atom stereocenters. The molecule has 6 nitrogen and oxygen atoms in total. The molecule has 0 atom stereocenters. The van der Waals surface area contributed by atoms with Crippen LogP contribution in [0.4, 0.5) is 5.69 Å². The summed E-state index contributed by atoms with van der Waals surface area (Å²) in [7, 11) is 1.85. The first-order valence-corrected chi connectivity index (χ1v) is 8.07. The number of rotatable bonds is 6. The van der Waals surface area contributed by atoms with Gasteiger partial charge >= 0.3 is 0 Å². The number of para-hydroxylation sites is 1. The van der Waals surface area contributed by atoms with Crippen LogP contribution in [-0.4, -0.2) is 26.4 Å². The largest absolute Gasteiger partial charge is 0.467 e. The fraction of sp³-hybridized carbons (Fsp3) is 0.188. The molecule has 0 saturated heterocycles. The number of furan rings is 1. The third kappa shape index (κ3) is 3.81. The van der Waals surface area contributed by atoms with E-state index < -0.39 is 0 Å². The topological polar surface area (TPSA) is 64.2 Å². The number of benzene rings is 1. The number of hydrogen-bond donors (Lipinski definition) is 0. The second-order valence-electron chi connectivity index (χ2n) is 4.91. The molecule has 0 N–H and O–H groups in total. The van der Waals surface area contributed by atoms with E-state index in [1.165, 1.54) is 11.8 Å². The van der Waals surface area contributed by atoms with Gasteiger partial charge in [-0.3, -0.25) is 4.79 Å². The van der Waals surface area contributed by atoms with E-state index in [0.717, 1.165) is 11.4 Å². The number of hydrogen-bond acceptors (Lipinski definition) is 5. The highest BCUT2D eigenvalue weighted by atomic mass is 32.2. The van der Waals surface area contributed by atoms with Gasteiger partial charge in [0.2, 0.25) is 5.91 Å². The lowest BCUT2D eigenvalue weighted by molar-refractivity contribution is -0.116. The van der Waals surface area contributed by atoms with Crippen molar-refractivity contribution in [2.45, 2.75) is 11.7 Å². The van der Waals surface area contributed by atoms with E-state index >= 15 is 0 Å². The Morgan fingerprint density at radius 1 is 1.26 bits per heavy atom. The van der Waals surface area contributed by atoms with Crippen LogP contribution in [0.25, 0.3) is 0 Å². The molecular formula is C16H16N4O2S. The van der Waals surface area contributed by atoms with E-state index in [-0.39, 0.29) is 11.7 Å². The van der Waals surface area contributed by atoms with E-state index in [2.05, 4.69) is 10.2 Å². The monoisotopic (exact) mass is 328 g/mol. The number of thioether (sulfide) groups is 1. The number of amides is 1. The van der Waals surface area contributed by atoms with E-state index in [4.69, 9.17) is 4.42 Å². The second-order valence-corrected chi connectivity index (χ2v) is 5.85. The molecule has 0 saturated carbocycles. The highest BCUT2D eigenvalue weighted by Gasteiger charge is 2.18. The lowest BCUT2D eigenvalue weighted by Gasteiger charge is -2.21. The Balaban J connectivity index is 1.74. The Bertz CT molecular complexity index is 756. The molecule has 2 heterocycles. The quantitative estimate of drug-likeness (QED) is 0.651. The maximum Gasteiger partial charge on any atom is 0.237 e. The van der Waals surface area contributed by atoms with E-state index in [9.17, 15) is 4.79 Å². The molecular weight excluding hydrogens is 312 g/mol. The fourth-order valence-corrected chi connectivity index (χ4v) is 2.86. The predicted molar refractivity (Wildman–Crippen MR) is 88.1 cm³/mol. The van der Waals surface area contributed by atoms with Crippen molar-refractivity contribution in [3.8, 4) is 0 Å². The molecule has 0 radical (unpaired) electrons. The van der Waals surface area contributed by atoms with E-state index in [0.29, 0.717) is 11.7 Å². The highest BCUT2D eigenvalue weighted by Crippen LogP contribution is 2.21. The van der Waals surface area contributed by atoms with Crippen molar-refractivity contribution in [2.24, 2.45) is 7.05 Å². The van der Waals surface area contributed by atoms with Crippen molar-refractivity contribution in [1.29, 1.82) is 0 Å². The maximum atomic E-state index is 12.7. The van der Waals surface area contributed by atoms with Crippen molar-refractivity contribution in [3.63, 3.8) is 0 Å². The number of aromatic nitrogens is 3. The van der Waals surface area contributed by atoms with Crippen molar-refractivity contribution >= 4 is 23.4 Å². The summed E-state index contributed by atoms with van der Waals surface area (Å²) >= 11 is 1.36. The third-order valence-electron chi connectivity index (χ3n) is 3.26. The van der Waals surface area contributed by atoms with Crippen LogP contribution in [0.15, 0.2) is 64.6 Å². The molecule has 1 aromatic carbocycles. The zero-order chi connectivity index (χ0) is 16.1. The van der Waals surface area contributed by atoms with Crippen LogP contribution in [0.5, 0.6) is 0 Å². The van der Waals surface area contributed by atoms with Gasteiger partial charge in [0.1, 0.15) is 12.1 Å². The minimum absolute atomic E-state index is 0.0133. The Kier molecular flexibility index (Phi) is 4.77. The summed E-state index contributed by atoms with van der Waals surface area (Å²) in [6, 6.07) is 13.2. The summed E-state index contributed by atoms with van der Waals surface area (Å²) in [4.78, 5) is 14.4.